The molecule has 0 fully saturated rings. The first-order chi connectivity index (χ1) is 13.3. The average molecular weight is 442 g/mol. The summed E-state index contributed by atoms with van der Waals surface area (Å²) < 4.78 is 63.8. The van der Waals surface area contributed by atoms with Gasteiger partial charge in [-0.2, -0.15) is 0 Å². The number of carbonyl (C=O) groups excluding carboxylic acids is 1. The molecule has 0 aliphatic carbocycles. The summed E-state index contributed by atoms with van der Waals surface area (Å²) in [7, 11) is -7.11. The topological polar surface area (TPSA) is 113 Å². The first-order valence-electron chi connectivity index (χ1n) is 8.56. The van der Waals surface area contributed by atoms with E-state index in [1.165, 1.54) is 22.5 Å². The highest BCUT2D eigenvalue weighted by atomic mass is 32.2. The number of rotatable bonds is 5. The molecule has 3 rings (SSSR count). The summed E-state index contributed by atoms with van der Waals surface area (Å²) in [6.45, 7) is 1.79. The zero-order valence-electron chi connectivity index (χ0n) is 15.9. The molecule has 0 saturated heterocycles. The van der Waals surface area contributed by atoms with Crippen LogP contribution in [-0.2, 0) is 26.5 Å². The highest BCUT2D eigenvalue weighted by Crippen LogP contribution is 2.35. The molecule has 156 valence electrons. The molecule has 2 aromatic rings. The van der Waals surface area contributed by atoms with Crippen LogP contribution < -0.4 is 14.3 Å². The van der Waals surface area contributed by atoms with E-state index in [1.807, 2.05) is 4.72 Å². The largest absolute Gasteiger partial charge is 0.322 e. The van der Waals surface area contributed by atoms with E-state index in [9.17, 15) is 26.0 Å². The van der Waals surface area contributed by atoms with Gasteiger partial charge in [0.05, 0.1) is 23.9 Å². The maximum absolute atomic E-state index is 13.8. The minimum atomic E-state index is -3.68. The number of hydrogen-bond acceptors (Lipinski definition) is 5. The van der Waals surface area contributed by atoms with Crippen molar-refractivity contribution in [2.75, 3.05) is 26.9 Å². The number of anilines is 3. The second-order valence-electron chi connectivity index (χ2n) is 6.98. The first kappa shape index (κ1) is 21.1. The molecule has 1 heterocycles. The molecule has 0 spiro atoms. The number of sulfonamides is 2. The first-order valence-corrected chi connectivity index (χ1v) is 12.3. The third-order valence-electron chi connectivity index (χ3n) is 4.37. The molecule has 0 saturated carbocycles. The summed E-state index contributed by atoms with van der Waals surface area (Å²) in [4.78, 5) is 12.6. The van der Waals surface area contributed by atoms with Crippen LogP contribution in [0.15, 0.2) is 36.4 Å². The van der Waals surface area contributed by atoms with Crippen molar-refractivity contribution in [3.8, 4) is 0 Å². The van der Waals surface area contributed by atoms with Crippen molar-refractivity contribution in [3.63, 3.8) is 0 Å². The molecule has 11 heteroatoms. The second-order valence-corrected chi connectivity index (χ2v) is 10.6. The molecule has 1 unspecified atom stereocenters. The van der Waals surface area contributed by atoms with Crippen LogP contribution >= 0.6 is 0 Å². The Bertz CT molecular complexity index is 1200. The van der Waals surface area contributed by atoms with Crippen molar-refractivity contribution in [3.05, 3.63) is 53.3 Å². The lowest BCUT2D eigenvalue weighted by Crippen LogP contribution is -2.34. The molecule has 8 nitrogen and oxygen atoms in total. The van der Waals surface area contributed by atoms with Gasteiger partial charge in [0.2, 0.25) is 20.0 Å². The van der Waals surface area contributed by atoms with Crippen LogP contribution in [0.25, 0.3) is 0 Å². The summed E-state index contributed by atoms with van der Waals surface area (Å²) >= 11 is 0. The van der Waals surface area contributed by atoms with E-state index in [1.54, 1.807) is 19.1 Å². The van der Waals surface area contributed by atoms with Gasteiger partial charge in [-0.05, 0) is 55.3 Å². The number of fused-ring (bicyclic) bond motifs is 1. The molecule has 1 aliphatic rings. The molecule has 2 N–H and O–H groups in total. The highest BCUT2D eigenvalue weighted by molar-refractivity contribution is 7.92. The van der Waals surface area contributed by atoms with Gasteiger partial charge in [-0.3, -0.25) is 13.8 Å². The lowest BCUT2D eigenvalue weighted by atomic mass is 10.1. The van der Waals surface area contributed by atoms with Crippen LogP contribution in [0.4, 0.5) is 21.5 Å². The van der Waals surface area contributed by atoms with Gasteiger partial charge in [0.25, 0.3) is 5.91 Å². The zero-order chi connectivity index (χ0) is 21.6. The Hall–Kier alpha value is -2.66. The van der Waals surface area contributed by atoms with Gasteiger partial charge in [-0.25, -0.2) is 21.2 Å². The quantitative estimate of drug-likeness (QED) is 0.738. The maximum atomic E-state index is 13.8. The average Bonchev–Trinajstić information content (AvgIpc) is 2.91. The van der Waals surface area contributed by atoms with E-state index in [0.29, 0.717) is 17.7 Å². The second kappa shape index (κ2) is 7.30. The standard InChI is InChI=1S/C18H20FN3O5S2/c1-11-8-13-9-12(4-7-17(13)22(11)29(3,26)27)18(23)20-14-5-6-15(19)16(10-14)21-28(2,24)25/h4-7,9-11,21H,8H2,1-3H3,(H,20,23). The van der Waals surface area contributed by atoms with Gasteiger partial charge in [-0.1, -0.05) is 0 Å². The smallest absolute Gasteiger partial charge is 0.255 e. The predicted octanol–water partition coefficient (Wildman–Crippen LogP) is 2.16. The predicted molar refractivity (Wildman–Crippen MR) is 110 cm³/mol. The van der Waals surface area contributed by atoms with Gasteiger partial charge < -0.3 is 5.32 Å². The number of halogens is 1. The maximum Gasteiger partial charge on any atom is 0.255 e. The zero-order valence-corrected chi connectivity index (χ0v) is 17.6. The Morgan fingerprint density at radius 1 is 1.10 bits per heavy atom. The van der Waals surface area contributed by atoms with Gasteiger partial charge >= 0.3 is 0 Å². The summed E-state index contributed by atoms with van der Waals surface area (Å²) in [5.74, 6) is -1.27. The normalized spacial score (nSPS) is 16.4. The fraction of sp³-hybridized carbons (Fsp3) is 0.278. The monoisotopic (exact) mass is 441 g/mol. The van der Waals surface area contributed by atoms with Crippen molar-refractivity contribution in [1.29, 1.82) is 0 Å². The van der Waals surface area contributed by atoms with E-state index in [-0.39, 0.29) is 17.4 Å². The summed E-state index contributed by atoms with van der Waals surface area (Å²) in [5, 5.41) is 2.58. The molecule has 1 atom stereocenters. The number of nitrogens with one attached hydrogen (secondary N) is 2. The van der Waals surface area contributed by atoms with Crippen LogP contribution in [0.3, 0.4) is 0 Å². The lowest BCUT2D eigenvalue weighted by Gasteiger charge is -2.21. The van der Waals surface area contributed by atoms with Crippen molar-refractivity contribution >= 4 is 43.0 Å². The molecule has 0 bridgehead atoms. The molecule has 0 aromatic heterocycles. The molecular formula is C18H20FN3O5S2. The SMILES string of the molecule is CC1Cc2cc(C(=O)Nc3ccc(F)c(NS(C)(=O)=O)c3)ccc2N1S(C)(=O)=O. The Morgan fingerprint density at radius 2 is 1.79 bits per heavy atom. The third kappa shape index (κ3) is 4.67. The van der Waals surface area contributed by atoms with Crippen LogP contribution in [0.5, 0.6) is 0 Å². The molecule has 1 aliphatic heterocycles. The fourth-order valence-electron chi connectivity index (χ4n) is 3.33. The molecule has 2 aromatic carbocycles. The number of hydrogen-bond donors (Lipinski definition) is 2. The van der Waals surface area contributed by atoms with E-state index in [4.69, 9.17) is 0 Å². The van der Waals surface area contributed by atoms with E-state index >= 15 is 0 Å². The van der Waals surface area contributed by atoms with Gasteiger partial charge in [0.1, 0.15) is 5.82 Å². The number of nitrogens with zero attached hydrogens (tertiary/aromatic N) is 1. The van der Waals surface area contributed by atoms with Crippen LogP contribution in [0.2, 0.25) is 0 Å². The molecule has 29 heavy (non-hydrogen) atoms. The van der Waals surface area contributed by atoms with Crippen molar-refractivity contribution < 1.29 is 26.0 Å². The van der Waals surface area contributed by atoms with Crippen molar-refractivity contribution in [2.24, 2.45) is 0 Å². The Balaban J connectivity index is 1.85. The minimum absolute atomic E-state index is 0.203. The van der Waals surface area contributed by atoms with Crippen molar-refractivity contribution in [1.82, 2.24) is 0 Å². The summed E-state index contributed by atoms with van der Waals surface area (Å²) in [6, 6.07) is 7.97. The summed E-state index contributed by atoms with van der Waals surface area (Å²) in [6.07, 6.45) is 2.50. The third-order valence-corrected chi connectivity index (χ3v) is 6.23. The number of carbonyl (C=O) groups is 1. The van der Waals surface area contributed by atoms with Crippen LogP contribution in [-0.4, -0.2) is 41.3 Å². The highest BCUT2D eigenvalue weighted by Gasteiger charge is 2.32. The summed E-state index contributed by atoms with van der Waals surface area (Å²) in [5.41, 5.74) is 1.49. The van der Waals surface area contributed by atoms with E-state index < -0.39 is 31.8 Å². The number of amides is 1. The van der Waals surface area contributed by atoms with E-state index in [0.717, 1.165) is 24.1 Å². The minimum Gasteiger partial charge on any atom is -0.322 e. The number of benzene rings is 2. The molecule has 0 radical (unpaired) electrons. The fourth-order valence-corrected chi connectivity index (χ4v) is 5.15. The van der Waals surface area contributed by atoms with Crippen LogP contribution in [0, 0.1) is 5.82 Å². The van der Waals surface area contributed by atoms with Crippen molar-refractivity contribution in [2.45, 2.75) is 19.4 Å². The van der Waals surface area contributed by atoms with Gasteiger partial charge in [0, 0.05) is 17.3 Å². The van der Waals surface area contributed by atoms with Gasteiger partial charge in [0.15, 0.2) is 0 Å². The van der Waals surface area contributed by atoms with Crippen LogP contribution in [0.1, 0.15) is 22.8 Å². The Kier molecular flexibility index (Phi) is 5.30. The Morgan fingerprint density at radius 3 is 2.41 bits per heavy atom. The van der Waals surface area contributed by atoms with E-state index in [2.05, 4.69) is 5.32 Å². The molecular weight excluding hydrogens is 421 g/mol. The molecule has 1 amide bonds. The Labute approximate surface area is 168 Å². The lowest BCUT2D eigenvalue weighted by molar-refractivity contribution is 0.102. The van der Waals surface area contributed by atoms with Gasteiger partial charge in [-0.15, -0.1) is 0 Å².